The topological polar surface area (TPSA) is 78.9 Å². The molecule has 2 aliphatic carbocycles. The highest BCUT2D eigenvalue weighted by atomic mass is 16.5. The molecule has 1 aliphatic heterocycles. The quantitative estimate of drug-likeness (QED) is 0.820. The fraction of sp³-hybridized carbons (Fsp3) is 0.867. The maximum atomic E-state index is 12.5. The Morgan fingerprint density at radius 2 is 2.10 bits per heavy atom. The van der Waals surface area contributed by atoms with E-state index in [0.717, 1.165) is 12.3 Å². The van der Waals surface area contributed by atoms with Crippen LogP contribution in [0, 0.1) is 17.8 Å². The lowest BCUT2D eigenvalue weighted by Crippen LogP contribution is -2.53. The molecule has 5 unspecified atom stereocenters. The Kier molecular flexibility index (Phi) is 4.06. The van der Waals surface area contributed by atoms with Crippen LogP contribution in [-0.4, -0.2) is 53.8 Å². The number of urea groups is 1. The van der Waals surface area contributed by atoms with E-state index < -0.39 is 11.9 Å². The Morgan fingerprint density at radius 3 is 2.67 bits per heavy atom. The monoisotopic (exact) mass is 296 g/mol. The van der Waals surface area contributed by atoms with Gasteiger partial charge in [-0.3, -0.25) is 4.79 Å². The molecule has 6 heteroatoms. The van der Waals surface area contributed by atoms with Crippen molar-refractivity contribution < 1.29 is 19.4 Å². The fourth-order valence-electron chi connectivity index (χ4n) is 4.28. The van der Waals surface area contributed by atoms with E-state index in [4.69, 9.17) is 4.74 Å². The van der Waals surface area contributed by atoms with Gasteiger partial charge in [-0.25, -0.2) is 4.79 Å². The van der Waals surface area contributed by atoms with Crippen LogP contribution in [0.3, 0.4) is 0 Å². The molecule has 3 aliphatic rings. The van der Waals surface area contributed by atoms with Crippen LogP contribution in [-0.2, 0) is 9.53 Å². The second-order valence-corrected chi connectivity index (χ2v) is 6.57. The van der Waals surface area contributed by atoms with Crippen LogP contribution < -0.4 is 5.32 Å². The number of ether oxygens (including phenoxy) is 1. The Bertz CT molecular complexity index is 428. The minimum Gasteiger partial charge on any atom is -0.481 e. The largest absolute Gasteiger partial charge is 0.481 e. The van der Waals surface area contributed by atoms with Crippen LogP contribution in [0.2, 0.25) is 0 Å². The van der Waals surface area contributed by atoms with Crippen LogP contribution in [0.4, 0.5) is 4.79 Å². The van der Waals surface area contributed by atoms with Crippen molar-refractivity contribution in [2.45, 2.75) is 44.7 Å². The second-order valence-electron chi connectivity index (χ2n) is 6.57. The zero-order valence-electron chi connectivity index (χ0n) is 12.5. The molecule has 21 heavy (non-hydrogen) atoms. The number of hydrogen-bond donors (Lipinski definition) is 2. The lowest BCUT2D eigenvalue weighted by Gasteiger charge is -2.32. The summed E-state index contributed by atoms with van der Waals surface area (Å²) in [5.41, 5.74) is 0. The summed E-state index contributed by atoms with van der Waals surface area (Å²) in [5, 5.41) is 12.4. The van der Waals surface area contributed by atoms with Gasteiger partial charge in [0, 0.05) is 12.6 Å². The molecule has 118 valence electrons. The van der Waals surface area contributed by atoms with Gasteiger partial charge in [0.25, 0.3) is 0 Å². The number of carboxylic acid groups (broad SMARTS) is 1. The molecule has 2 saturated carbocycles. The summed E-state index contributed by atoms with van der Waals surface area (Å²) in [7, 11) is 0. The lowest BCUT2D eigenvalue weighted by atomic mass is 9.95. The van der Waals surface area contributed by atoms with E-state index in [-0.39, 0.29) is 24.7 Å². The summed E-state index contributed by atoms with van der Waals surface area (Å²) < 4.78 is 5.28. The SMILES string of the molecule is CCN(C(=O)NC1CC2CCC1C2)C1COCC1C(=O)O. The molecule has 1 heterocycles. The summed E-state index contributed by atoms with van der Waals surface area (Å²) >= 11 is 0. The van der Waals surface area contributed by atoms with Gasteiger partial charge < -0.3 is 20.1 Å². The van der Waals surface area contributed by atoms with Gasteiger partial charge in [0.15, 0.2) is 0 Å². The molecule has 5 atom stereocenters. The number of carbonyl (C=O) groups is 2. The molecular weight excluding hydrogens is 272 g/mol. The average Bonchev–Trinajstić information content (AvgIpc) is 3.14. The van der Waals surface area contributed by atoms with Crippen molar-refractivity contribution in [3.8, 4) is 0 Å². The van der Waals surface area contributed by atoms with Gasteiger partial charge in [-0.15, -0.1) is 0 Å². The highest BCUT2D eigenvalue weighted by Gasteiger charge is 2.43. The van der Waals surface area contributed by atoms with Gasteiger partial charge in [-0.1, -0.05) is 6.42 Å². The summed E-state index contributed by atoms with van der Waals surface area (Å²) in [6, 6.07) is -0.209. The Morgan fingerprint density at radius 1 is 1.29 bits per heavy atom. The van der Waals surface area contributed by atoms with Crippen molar-refractivity contribution >= 4 is 12.0 Å². The Labute approximate surface area is 124 Å². The van der Waals surface area contributed by atoms with Gasteiger partial charge >= 0.3 is 12.0 Å². The number of aliphatic carboxylic acids is 1. The predicted octanol–water partition coefficient (Wildman–Crippen LogP) is 1.31. The number of nitrogens with one attached hydrogen (secondary N) is 1. The smallest absolute Gasteiger partial charge is 0.317 e. The van der Waals surface area contributed by atoms with Crippen LogP contribution in [0.5, 0.6) is 0 Å². The molecule has 0 aromatic carbocycles. The van der Waals surface area contributed by atoms with E-state index in [1.807, 2.05) is 6.92 Å². The van der Waals surface area contributed by atoms with E-state index in [1.165, 1.54) is 19.3 Å². The first-order valence-corrected chi connectivity index (χ1v) is 7.97. The van der Waals surface area contributed by atoms with Gasteiger partial charge in [0.05, 0.1) is 19.3 Å². The number of nitrogens with zero attached hydrogens (tertiary/aromatic N) is 1. The zero-order valence-corrected chi connectivity index (χ0v) is 12.5. The van der Waals surface area contributed by atoms with Crippen LogP contribution >= 0.6 is 0 Å². The average molecular weight is 296 g/mol. The standard InChI is InChI=1S/C15H24N2O4/c1-2-17(13-8-21-7-11(13)14(18)19)15(20)16-12-6-9-3-4-10(12)5-9/h9-13H,2-8H2,1H3,(H,16,20)(H,18,19). The fourth-order valence-corrected chi connectivity index (χ4v) is 4.28. The minimum absolute atomic E-state index is 0.128. The van der Waals surface area contributed by atoms with Crippen molar-refractivity contribution in [1.82, 2.24) is 10.2 Å². The summed E-state index contributed by atoms with van der Waals surface area (Å²) in [4.78, 5) is 25.4. The number of rotatable bonds is 4. The number of carbonyl (C=O) groups excluding carboxylic acids is 1. The predicted molar refractivity (Wildman–Crippen MR) is 75.9 cm³/mol. The first-order valence-electron chi connectivity index (χ1n) is 7.97. The number of fused-ring (bicyclic) bond motifs is 2. The van der Waals surface area contributed by atoms with Crippen molar-refractivity contribution in [3.05, 3.63) is 0 Å². The number of carboxylic acids is 1. The lowest BCUT2D eigenvalue weighted by molar-refractivity contribution is -0.142. The summed E-state index contributed by atoms with van der Waals surface area (Å²) in [6.07, 6.45) is 4.83. The number of amides is 2. The first-order chi connectivity index (χ1) is 10.1. The molecule has 2 N–H and O–H groups in total. The van der Waals surface area contributed by atoms with E-state index in [9.17, 15) is 14.7 Å². The van der Waals surface area contributed by atoms with Gasteiger partial charge in [-0.2, -0.15) is 0 Å². The summed E-state index contributed by atoms with van der Waals surface area (Å²) in [6.45, 7) is 2.90. The molecule has 0 aromatic rings. The van der Waals surface area contributed by atoms with E-state index in [1.54, 1.807) is 4.90 Å². The minimum atomic E-state index is -0.885. The molecular formula is C15H24N2O4. The Hall–Kier alpha value is -1.30. The number of likely N-dealkylation sites (N-methyl/N-ethyl adjacent to an activating group) is 1. The van der Waals surface area contributed by atoms with Gasteiger partial charge in [0.1, 0.15) is 5.92 Å². The molecule has 6 nitrogen and oxygen atoms in total. The normalized spacial score (nSPS) is 37.7. The second kappa shape index (κ2) is 5.83. The van der Waals surface area contributed by atoms with Crippen LogP contribution in [0.1, 0.15) is 32.6 Å². The van der Waals surface area contributed by atoms with E-state index >= 15 is 0 Å². The highest BCUT2D eigenvalue weighted by Crippen LogP contribution is 2.44. The molecule has 2 amide bonds. The summed E-state index contributed by atoms with van der Waals surface area (Å²) in [5.74, 6) is -0.107. The third-order valence-corrected chi connectivity index (χ3v) is 5.42. The Balaban J connectivity index is 1.62. The third-order valence-electron chi connectivity index (χ3n) is 5.42. The number of hydrogen-bond acceptors (Lipinski definition) is 3. The third kappa shape index (κ3) is 2.73. The molecule has 1 saturated heterocycles. The van der Waals surface area contributed by atoms with Gasteiger partial charge in [0.2, 0.25) is 0 Å². The molecule has 0 aromatic heterocycles. The van der Waals surface area contributed by atoms with Crippen molar-refractivity contribution in [3.63, 3.8) is 0 Å². The van der Waals surface area contributed by atoms with Crippen LogP contribution in [0.15, 0.2) is 0 Å². The van der Waals surface area contributed by atoms with Crippen molar-refractivity contribution in [2.24, 2.45) is 17.8 Å². The van der Waals surface area contributed by atoms with E-state index in [0.29, 0.717) is 19.1 Å². The maximum Gasteiger partial charge on any atom is 0.317 e. The van der Waals surface area contributed by atoms with E-state index in [2.05, 4.69) is 5.32 Å². The highest BCUT2D eigenvalue weighted by molar-refractivity contribution is 5.77. The molecule has 0 spiro atoms. The molecule has 0 radical (unpaired) electrons. The molecule has 3 fully saturated rings. The first kappa shape index (κ1) is 14.6. The maximum absolute atomic E-state index is 12.5. The van der Waals surface area contributed by atoms with Crippen LogP contribution in [0.25, 0.3) is 0 Å². The van der Waals surface area contributed by atoms with Crippen molar-refractivity contribution in [1.29, 1.82) is 0 Å². The zero-order chi connectivity index (χ0) is 15.0. The molecule has 3 rings (SSSR count). The molecule has 2 bridgehead atoms. The van der Waals surface area contributed by atoms with Crippen molar-refractivity contribution in [2.75, 3.05) is 19.8 Å². The van der Waals surface area contributed by atoms with Gasteiger partial charge in [-0.05, 0) is 38.0 Å².